The molecule has 0 saturated heterocycles. The average molecular weight is 292 g/mol. The summed E-state index contributed by atoms with van der Waals surface area (Å²) in [6, 6.07) is 3.35. The third-order valence-corrected chi connectivity index (χ3v) is 3.67. The Morgan fingerprint density at radius 3 is 3.00 bits per heavy atom. The van der Waals surface area contributed by atoms with E-state index in [1.165, 1.54) is 0 Å². The van der Waals surface area contributed by atoms with E-state index < -0.39 is 11.9 Å². The number of carbonyl (C=O) groups excluding carboxylic acids is 1. The first-order chi connectivity index (χ1) is 10.1. The van der Waals surface area contributed by atoms with Crippen molar-refractivity contribution >= 4 is 17.8 Å². The van der Waals surface area contributed by atoms with E-state index in [1.54, 1.807) is 25.3 Å². The summed E-state index contributed by atoms with van der Waals surface area (Å²) in [7, 11) is 0. The van der Waals surface area contributed by atoms with E-state index in [1.807, 2.05) is 0 Å². The highest BCUT2D eigenvalue weighted by Crippen LogP contribution is 2.27. The van der Waals surface area contributed by atoms with Gasteiger partial charge in [0.1, 0.15) is 11.4 Å². The van der Waals surface area contributed by atoms with E-state index in [9.17, 15) is 9.59 Å². The van der Waals surface area contributed by atoms with Crippen molar-refractivity contribution in [2.45, 2.75) is 38.6 Å². The molecule has 0 amide bonds. The van der Waals surface area contributed by atoms with Crippen LogP contribution in [0, 0.1) is 5.92 Å². The monoisotopic (exact) mass is 292 g/mol. The molecule has 1 aliphatic rings. The minimum absolute atomic E-state index is 0.0166. The standard InChI is InChI=1S/C15H20N2O4/c1-2-21-15(20)12-7-4-8-16-13(12)17-11-6-3-5-10(9-11)14(18)19/h4,7-8,10-11H,2-3,5-6,9H2,1H3,(H,16,17)(H,18,19). The maximum atomic E-state index is 11.9. The van der Waals surface area contributed by atoms with Crippen molar-refractivity contribution < 1.29 is 19.4 Å². The predicted octanol–water partition coefficient (Wildman–Crippen LogP) is 2.31. The van der Waals surface area contributed by atoms with E-state index in [0.29, 0.717) is 30.8 Å². The van der Waals surface area contributed by atoms with Crippen molar-refractivity contribution in [1.82, 2.24) is 4.98 Å². The van der Waals surface area contributed by atoms with Gasteiger partial charge in [0, 0.05) is 12.2 Å². The molecule has 2 N–H and O–H groups in total. The zero-order valence-corrected chi connectivity index (χ0v) is 12.0. The molecule has 1 saturated carbocycles. The van der Waals surface area contributed by atoms with E-state index >= 15 is 0 Å². The van der Waals surface area contributed by atoms with Gasteiger partial charge in [0.05, 0.1) is 12.5 Å². The van der Waals surface area contributed by atoms with Gasteiger partial charge in [-0.05, 0) is 38.3 Å². The number of nitrogens with one attached hydrogen (secondary N) is 1. The molecule has 1 fully saturated rings. The lowest BCUT2D eigenvalue weighted by molar-refractivity contribution is -0.142. The lowest BCUT2D eigenvalue weighted by Crippen LogP contribution is -2.31. The van der Waals surface area contributed by atoms with Crippen LogP contribution in [0.25, 0.3) is 0 Å². The van der Waals surface area contributed by atoms with Crippen molar-refractivity contribution in [2.75, 3.05) is 11.9 Å². The molecule has 0 radical (unpaired) electrons. The summed E-state index contributed by atoms with van der Waals surface area (Å²) in [5.41, 5.74) is 0.386. The van der Waals surface area contributed by atoms with Crippen LogP contribution in [0.3, 0.4) is 0 Å². The molecule has 2 rings (SSSR count). The third-order valence-electron chi connectivity index (χ3n) is 3.67. The Morgan fingerprint density at radius 1 is 1.48 bits per heavy atom. The van der Waals surface area contributed by atoms with Crippen molar-refractivity contribution in [1.29, 1.82) is 0 Å². The summed E-state index contributed by atoms with van der Waals surface area (Å²) in [5.74, 6) is -1.04. The second-order valence-electron chi connectivity index (χ2n) is 5.16. The molecule has 1 aromatic heterocycles. The summed E-state index contributed by atoms with van der Waals surface area (Å²) in [6.07, 6.45) is 4.59. The van der Waals surface area contributed by atoms with Crippen LogP contribution in [0.4, 0.5) is 5.82 Å². The average Bonchev–Trinajstić information content (AvgIpc) is 2.48. The first-order valence-electron chi connectivity index (χ1n) is 7.23. The molecule has 0 bridgehead atoms. The number of carboxylic acids is 1. The second kappa shape index (κ2) is 7.06. The number of carboxylic acid groups (broad SMARTS) is 1. The molecule has 1 aliphatic carbocycles. The van der Waals surface area contributed by atoms with Gasteiger partial charge >= 0.3 is 11.9 Å². The molecule has 0 spiro atoms. The van der Waals surface area contributed by atoms with Crippen LogP contribution in [-0.4, -0.2) is 34.7 Å². The zero-order chi connectivity index (χ0) is 15.2. The number of ether oxygens (including phenoxy) is 1. The fourth-order valence-corrected chi connectivity index (χ4v) is 2.63. The number of aliphatic carboxylic acids is 1. The summed E-state index contributed by atoms with van der Waals surface area (Å²) >= 11 is 0. The number of carbonyl (C=O) groups is 2. The number of esters is 1. The van der Waals surface area contributed by atoms with Crippen LogP contribution in [0.2, 0.25) is 0 Å². The first-order valence-corrected chi connectivity index (χ1v) is 7.23. The van der Waals surface area contributed by atoms with Crippen LogP contribution in [0.5, 0.6) is 0 Å². The topological polar surface area (TPSA) is 88.5 Å². The smallest absolute Gasteiger partial charge is 0.341 e. The highest BCUT2D eigenvalue weighted by atomic mass is 16.5. The lowest BCUT2D eigenvalue weighted by Gasteiger charge is -2.28. The van der Waals surface area contributed by atoms with Crippen LogP contribution in [-0.2, 0) is 9.53 Å². The van der Waals surface area contributed by atoms with Gasteiger partial charge in [-0.25, -0.2) is 9.78 Å². The van der Waals surface area contributed by atoms with Gasteiger partial charge in [-0.3, -0.25) is 4.79 Å². The number of hydrogen-bond donors (Lipinski definition) is 2. The third kappa shape index (κ3) is 3.93. The van der Waals surface area contributed by atoms with Gasteiger partial charge in [-0.15, -0.1) is 0 Å². The van der Waals surface area contributed by atoms with Gasteiger partial charge in [0.15, 0.2) is 0 Å². The fraction of sp³-hybridized carbons (Fsp3) is 0.533. The van der Waals surface area contributed by atoms with Gasteiger partial charge in [0.25, 0.3) is 0 Å². The molecule has 1 aromatic rings. The molecule has 2 atom stereocenters. The normalized spacial score (nSPS) is 21.6. The number of anilines is 1. The Hall–Kier alpha value is -2.11. The largest absolute Gasteiger partial charge is 0.481 e. The fourth-order valence-electron chi connectivity index (χ4n) is 2.63. The molecule has 2 unspecified atom stereocenters. The van der Waals surface area contributed by atoms with E-state index in [-0.39, 0.29) is 12.0 Å². The van der Waals surface area contributed by atoms with Gasteiger partial charge in [-0.1, -0.05) is 6.42 Å². The van der Waals surface area contributed by atoms with Gasteiger partial charge in [-0.2, -0.15) is 0 Å². The molecule has 0 aromatic carbocycles. The number of aromatic nitrogens is 1. The molecule has 1 heterocycles. The Kier molecular flexibility index (Phi) is 5.14. The van der Waals surface area contributed by atoms with Crippen LogP contribution < -0.4 is 5.32 Å². The second-order valence-corrected chi connectivity index (χ2v) is 5.16. The zero-order valence-electron chi connectivity index (χ0n) is 12.0. The molecular formula is C15H20N2O4. The Labute approximate surface area is 123 Å². The molecule has 6 nitrogen and oxygen atoms in total. The molecular weight excluding hydrogens is 272 g/mol. The highest BCUT2D eigenvalue weighted by molar-refractivity contribution is 5.94. The minimum atomic E-state index is -0.756. The van der Waals surface area contributed by atoms with Crippen molar-refractivity contribution in [3.63, 3.8) is 0 Å². The number of pyridine rings is 1. The SMILES string of the molecule is CCOC(=O)c1cccnc1NC1CCCC(C(=O)O)C1. The number of hydrogen-bond acceptors (Lipinski definition) is 5. The summed E-state index contributed by atoms with van der Waals surface area (Å²) in [4.78, 5) is 27.2. The Bertz CT molecular complexity index is 518. The lowest BCUT2D eigenvalue weighted by atomic mass is 9.86. The summed E-state index contributed by atoms with van der Waals surface area (Å²) in [6.45, 7) is 2.05. The van der Waals surface area contributed by atoms with Gasteiger partial charge in [0.2, 0.25) is 0 Å². The van der Waals surface area contributed by atoms with Crippen molar-refractivity contribution in [2.24, 2.45) is 5.92 Å². The number of nitrogens with zero attached hydrogens (tertiary/aromatic N) is 1. The molecule has 6 heteroatoms. The maximum absolute atomic E-state index is 11.9. The summed E-state index contributed by atoms with van der Waals surface area (Å²) in [5, 5.41) is 12.3. The predicted molar refractivity (Wildman–Crippen MR) is 77.2 cm³/mol. The van der Waals surface area contributed by atoms with Crippen LogP contribution in [0.15, 0.2) is 18.3 Å². The first kappa shape index (κ1) is 15.3. The molecule has 0 aliphatic heterocycles. The summed E-state index contributed by atoms with van der Waals surface area (Å²) < 4.78 is 5.00. The van der Waals surface area contributed by atoms with Crippen molar-refractivity contribution in [3.05, 3.63) is 23.9 Å². The quantitative estimate of drug-likeness (QED) is 0.810. The molecule has 21 heavy (non-hydrogen) atoms. The van der Waals surface area contributed by atoms with Gasteiger partial charge < -0.3 is 15.2 Å². The van der Waals surface area contributed by atoms with E-state index in [4.69, 9.17) is 9.84 Å². The Balaban J connectivity index is 2.09. The Morgan fingerprint density at radius 2 is 2.29 bits per heavy atom. The molecule has 114 valence electrons. The maximum Gasteiger partial charge on any atom is 0.341 e. The van der Waals surface area contributed by atoms with Crippen molar-refractivity contribution in [3.8, 4) is 0 Å². The van der Waals surface area contributed by atoms with E-state index in [2.05, 4.69) is 10.3 Å². The van der Waals surface area contributed by atoms with Crippen LogP contribution in [0.1, 0.15) is 43.0 Å². The number of rotatable bonds is 5. The highest BCUT2D eigenvalue weighted by Gasteiger charge is 2.28. The van der Waals surface area contributed by atoms with E-state index in [0.717, 1.165) is 12.8 Å². The minimum Gasteiger partial charge on any atom is -0.481 e. The van der Waals surface area contributed by atoms with Crippen LogP contribution >= 0.6 is 0 Å².